The van der Waals surface area contributed by atoms with Gasteiger partial charge in [-0.25, -0.2) is 4.98 Å². The number of unbranched alkanes of at least 4 members (excludes halogenated alkanes) is 1. The van der Waals surface area contributed by atoms with E-state index in [1.54, 1.807) is 18.2 Å². The fourth-order valence-electron chi connectivity index (χ4n) is 4.51. The van der Waals surface area contributed by atoms with Crippen LogP contribution in [-0.4, -0.2) is 19.8 Å². The number of aliphatic hydroxyl groups excluding tert-OH is 1. The first-order valence-corrected chi connectivity index (χ1v) is 11.8. The average Bonchev–Trinajstić information content (AvgIpc) is 3.54. The summed E-state index contributed by atoms with van der Waals surface area (Å²) in [5.41, 5.74) is 1.29. The molecular formula is C26H31F3N2O2. The molecule has 178 valence electrons. The molecule has 2 N–H and O–H groups in total. The highest BCUT2D eigenvalue weighted by atomic mass is 19.4. The Morgan fingerprint density at radius 2 is 1.94 bits per heavy atom. The second-order valence-corrected chi connectivity index (χ2v) is 9.34. The largest absolute Gasteiger partial charge is 0.508 e. The predicted molar refractivity (Wildman–Crippen MR) is 122 cm³/mol. The minimum Gasteiger partial charge on any atom is -0.508 e. The fraction of sp³-hybridized carbons (Fsp3) is 0.500. The van der Waals surface area contributed by atoms with Gasteiger partial charge < -0.3 is 14.8 Å². The summed E-state index contributed by atoms with van der Waals surface area (Å²) in [6.45, 7) is 2.96. The maximum atomic E-state index is 13.1. The molecule has 0 amide bonds. The zero-order chi connectivity index (χ0) is 23.6. The number of phenolic OH excluding ortho intramolecular Hbond substituents is 1. The molecule has 1 saturated carbocycles. The first-order valence-electron chi connectivity index (χ1n) is 11.8. The first-order chi connectivity index (χ1) is 15.7. The topological polar surface area (TPSA) is 58.3 Å². The predicted octanol–water partition coefficient (Wildman–Crippen LogP) is 6.64. The van der Waals surface area contributed by atoms with Gasteiger partial charge >= 0.3 is 6.18 Å². The summed E-state index contributed by atoms with van der Waals surface area (Å²) in [4.78, 5) is 4.83. The van der Waals surface area contributed by atoms with Crippen LogP contribution in [0.3, 0.4) is 0 Å². The van der Waals surface area contributed by atoms with E-state index >= 15 is 0 Å². The average molecular weight is 461 g/mol. The molecule has 2 aromatic carbocycles. The lowest BCUT2D eigenvalue weighted by molar-refractivity contribution is -0.137. The number of aromatic hydroxyl groups is 1. The van der Waals surface area contributed by atoms with Crippen molar-refractivity contribution in [2.75, 3.05) is 0 Å². The number of imidazole rings is 1. The monoisotopic (exact) mass is 460 g/mol. The standard InChI is InChI=1S/C26H31F3N2O2/c1-2-3-5-18(12-24(33)19-6-4-7-20(14-19)26(27,28)29)13-25-30-22-11-10-21(32)15-23(22)31(25)16-17-8-9-17/h4,6-7,10-11,14-15,17-18,24,32-33H,2-3,5,8-9,12-13,16H2,1H3. The second-order valence-electron chi connectivity index (χ2n) is 9.34. The highest BCUT2D eigenvalue weighted by molar-refractivity contribution is 5.77. The molecule has 0 bridgehead atoms. The van der Waals surface area contributed by atoms with Gasteiger partial charge in [-0.05, 0) is 67.3 Å². The Bertz CT molecular complexity index is 1090. The number of aliphatic hydroxyl groups is 1. The Labute approximate surface area is 192 Å². The summed E-state index contributed by atoms with van der Waals surface area (Å²) in [5, 5.41) is 20.8. The molecule has 0 aliphatic heterocycles. The minimum atomic E-state index is -4.43. The molecule has 7 heteroatoms. The van der Waals surface area contributed by atoms with E-state index in [0.717, 1.165) is 54.8 Å². The minimum absolute atomic E-state index is 0.0813. The molecule has 1 aliphatic carbocycles. The van der Waals surface area contributed by atoms with E-state index in [2.05, 4.69) is 11.5 Å². The van der Waals surface area contributed by atoms with Crippen LogP contribution >= 0.6 is 0 Å². The third kappa shape index (κ3) is 5.88. The van der Waals surface area contributed by atoms with E-state index in [4.69, 9.17) is 4.98 Å². The number of fused-ring (bicyclic) bond motifs is 1. The molecule has 0 spiro atoms. The molecular weight excluding hydrogens is 429 g/mol. The van der Waals surface area contributed by atoms with Gasteiger partial charge in [0.05, 0.1) is 22.7 Å². The molecule has 3 aromatic rings. The van der Waals surface area contributed by atoms with Crippen LogP contribution in [0.15, 0.2) is 42.5 Å². The number of halogens is 3. The Balaban J connectivity index is 1.57. The molecule has 1 heterocycles. The molecule has 4 nitrogen and oxygen atoms in total. The third-order valence-electron chi connectivity index (χ3n) is 6.54. The summed E-state index contributed by atoms with van der Waals surface area (Å²) in [5.74, 6) is 1.82. The Kier molecular flexibility index (Phi) is 6.98. The van der Waals surface area contributed by atoms with Crippen molar-refractivity contribution in [1.82, 2.24) is 9.55 Å². The van der Waals surface area contributed by atoms with Gasteiger partial charge in [-0.2, -0.15) is 13.2 Å². The summed E-state index contributed by atoms with van der Waals surface area (Å²) in [6.07, 6.45) is 0.820. The van der Waals surface area contributed by atoms with E-state index in [0.29, 0.717) is 24.3 Å². The first kappa shape index (κ1) is 23.6. The van der Waals surface area contributed by atoms with E-state index < -0.39 is 17.8 Å². The van der Waals surface area contributed by atoms with E-state index in [1.165, 1.54) is 18.9 Å². The molecule has 1 fully saturated rings. The van der Waals surface area contributed by atoms with Crippen molar-refractivity contribution < 1.29 is 23.4 Å². The lowest BCUT2D eigenvalue weighted by atomic mass is 9.89. The van der Waals surface area contributed by atoms with Gasteiger partial charge in [0.25, 0.3) is 0 Å². The SMILES string of the molecule is CCCCC(Cc1nc2ccc(O)cc2n1CC1CC1)CC(O)c1cccc(C(F)(F)F)c1. The van der Waals surface area contributed by atoms with Crippen molar-refractivity contribution in [2.45, 2.75) is 70.7 Å². The highest BCUT2D eigenvalue weighted by Gasteiger charge is 2.31. The van der Waals surface area contributed by atoms with Crippen molar-refractivity contribution in [3.8, 4) is 5.75 Å². The van der Waals surface area contributed by atoms with Crippen LogP contribution in [0.4, 0.5) is 13.2 Å². The number of hydrogen-bond acceptors (Lipinski definition) is 3. The maximum Gasteiger partial charge on any atom is 0.416 e. The number of aromatic nitrogens is 2. The van der Waals surface area contributed by atoms with E-state index in [9.17, 15) is 23.4 Å². The Morgan fingerprint density at radius 3 is 2.64 bits per heavy atom. The summed E-state index contributed by atoms with van der Waals surface area (Å²) in [6, 6.07) is 10.2. The smallest absolute Gasteiger partial charge is 0.416 e. The van der Waals surface area contributed by atoms with Gasteiger partial charge in [-0.3, -0.25) is 0 Å². The van der Waals surface area contributed by atoms with E-state index in [1.807, 2.05) is 6.07 Å². The molecule has 1 aliphatic rings. The van der Waals surface area contributed by atoms with Crippen LogP contribution in [0.25, 0.3) is 11.0 Å². The van der Waals surface area contributed by atoms with Crippen molar-refractivity contribution in [3.05, 3.63) is 59.4 Å². The lowest BCUT2D eigenvalue weighted by Gasteiger charge is -2.22. The van der Waals surface area contributed by atoms with Crippen LogP contribution in [0.2, 0.25) is 0 Å². The second kappa shape index (κ2) is 9.75. The maximum absolute atomic E-state index is 13.1. The van der Waals surface area contributed by atoms with Crippen molar-refractivity contribution in [2.24, 2.45) is 11.8 Å². The number of benzene rings is 2. The van der Waals surface area contributed by atoms with Crippen LogP contribution in [0.5, 0.6) is 5.75 Å². The number of rotatable bonds is 10. The summed E-state index contributed by atoms with van der Waals surface area (Å²) < 4.78 is 41.5. The third-order valence-corrected chi connectivity index (χ3v) is 6.54. The molecule has 4 rings (SSSR count). The van der Waals surface area contributed by atoms with Crippen molar-refractivity contribution in [1.29, 1.82) is 0 Å². The zero-order valence-electron chi connectivity index (χ0n) is 18.9. The van der Waals surface area contributed by atoms with Crippen molar-refractivity contribution in [3.63, 3.8) is 0 Å². The molecule has 2 atom stereocenters. The molecule has 0 radical (unpaired) electrons. The lowest BCUT2D eigenvalue weighted by Crippen LogP contribution is -2.15. The van der Waals surface area contributed by atoms with Crippen LogP contribution in [0.1, 0.15) is 68.5 Å². The highest BCUT2D eigenvalue weighted by Crippen LogP contribution is 2.36. The zero-order valence-corrected chi connectivity index (χ0v) is 18.9. The summed E-state index contributed by atoms with van der Waals surface area (Å²) in [7, 11) is 0. The normalized spacial score (nSPS) is 16.3. The fourth-order valence-corrected chi connectivity index (χ4v) is 4.51. The van der Waals surface area contributed by atoms with Crippen LogP contribution < -0.4 is 0 Å². The van der Waals surface area contributed by atoms with E-state index in [-0.39, 0.29) is 11.7 Å². The van der Waals surface area contributed by atoms with Gasteiger partial charge in [0, 0.05) is 19.0 Å². The number of nitrogens with zero attached hydrogens (tertiary/aromatic N) is 2. The number of alkyl halides is 3. The van der Waals surface area contributed by atoms with Gasteiger partial charge in [0.1, 0.15) is 11.6 Å². The van der Waals surface area contributed by atoms with Crippen LogP contribution in [0, 0.1) is 11.8 Å². The summed E-state index contributed by atoms with van der Waals surface area (Å²) >= 11 is 0. The van der Waals surface area contributed by atoms with Gasteiger partial charge in [-0.15, -0.1) is 0 Å². The number of hydrogen-bond donors (Lipinski definition) is 2. The Morgan fingerprint density at radius 1 is 1.15 bits per heavy atom. The van der Waals surface area contributed by atoms with Crippen molar-refractivity contribution >= 4 is 11.0 Å². The molecule has 1 aromatic heterocycles. The molecule has 33 heavy (non-hydrogen) atoms. The molecule has 0 saturated heterocycles. The number of phenols is 1. The molecule has 2 unspecified atom stereocenters. The van der Waals surface area contributed by atoms with Gasteiger partial charge in [0.2, 0.25) is 0 Å². The van der Waals surface area contributed by atoms with Gasteiger partial charge in [-0.1, -0.05) is 31.9 Å². The van der Waals surface area contributed by atoms with Gasteiger partial charge in [0.15, 0.2) is 0 Å². The van der Waals surface area contributed by atoms with Crippen LogP contribution in [-0.2, 0) is 19.1 Å². The Hall–Kier alpha value is -2.54. The quantitative estimate of drug-likeness (QED) is 0.356.